The minimum absolute atomic E-state index is 0.210. The zero-order chi connectivity index (χ0) is 9.26. The number of nitrogens with one attached hydrogen (secondary N) is 1. The highest BCUT2D eigenvalue weighted by Gasteiger charge is 2.15. The second-order valence-corrected chi connectivity index (χ2v) is 2.73. The SMILES string of the molecule is O=C(NS)c1ccc2c(c1)OCO2. The molecule has 0 fully saturated rings. The van der Waals surface area contributed by atoms with E-state index in [4.69, 9.17) is 9.47 Å². The minimum Gasteiger partial charge on any atom is -0.454 e. The van der Waals surface area contributed by atoms with Crippen LogP contribution in [0.25, 0.3) is 0 Å². The van der Waals surface area contributed by atoms with Gasteiger partial charge in [0.05, 0.1) is 0 Å². The molecule has 0 spiro atoms. The third-order valence-corrected chi connectivity index (χ3v) is 1.94. The van der Waals surface area contributed by atoms with Gasteiger partial charge in [-0.25, -0.2) is 0 Å². The van der Waals surface area contributed by atoms with Crippen molar-refractivity contribution in [2.75, 3.05) is 6.79 Å². The lowest BCUT2D eigenvalue weighted by atomic mass is 10.2. The van der Waals surface area contributed by atoms with Gasteiger partial charge in [-0.3, -0.25) is 9.52 Å². The number of carbonyl (C=O) groups excluding carboxylic acids is 1. The summed E-state index contributed by atoms with van der Waals surface area (Å²) in [4.78, 5) is 11.1. The Bertz CT molecular complexity index is 353. The zero-order valence-electron chi connectivity index (χ0n) is 6.61. The number of benzene rings is 1. The fourth-order valence-electron chi connectivity index (χ4n) is 1.10. The van der Waals surface area contributed by atoms with Crippen LogP contribution < -0.4 is 14.2 Å². The van der Waals surface area contributed by atoms with Crippen LogP contribution in [0.5, 0.6) is 11.5 Å². The molecule has 1 aromatic rings. The topological polar surface area (TPSA) is 47.6 Å². The molecule has 1 aromatic carbocycles. The maximum atomic E-state index is 11.1. The van der Waals surface area contributed by atoms with Gasteiger partial charge < -0.3 is 9.47 Å². The quantitative estimate of drug-likeness (QED) is 0.660. The second-order valence-electron chi connectivity index (χ2n) is 2.51. The highest BCUT2D eigenvalue weighted by molar-refractivity contribution is 7.78. The minimum atomic E-state index is -0.262. The smallest absolute Gasteiger partial charge is 0.261 e. The Hall–Kier alpha value is -1.36. The summed E-state index contributed by atoms with van der Waals surface area (Å²) >= 11 is 3.66. The molecular formula is C8H7NO3S. The first-order valence-electron chi connectivity index (χ1n) is 3.65. The molecule has 1 N–H and O–H groups in total. The third-order valence-electron chi connectivity index (χ3n) is 1.74. The number of hydrogen-bond acceptors (Lipinski definition) is 4. The molecule has 1 heterocycles. The predicted octanol–water partition coefficient (Wildman–Crippen LogP) is 0.990. The molecule has 4 nitrogen and oxygen atoms in total. The summed E-state index contributed by atoms with van der Waals surface area (Å²) in [6, 6.07) is 4.97. The van der Waals surface area contributed by atoms with Crippen LogP contribution in [0.1, 0.15) is 10.4 Å². The van der Waals surface area contributed by atoms with E-state index in [0.717, 1.165) is 0 Å². The summed E-state index contributed by atoms with van der Waals surface area (Å²) in [6.45, 7) is 0.210. The molecule has 1 aliphatic heterocycles. The number of rotatable bonds is 1. The summed E-state index contributed by atoms with van der Waals surface area (Å²) in [5.74, 6) is 0.992. The number of fused-ring (bicyclic) bond motifs is 1. The van der Waals surface area contributed by atoms with Gasteiger partial charge in [-0.2, -0.15) is 0 Å². The van der Waals surface area contributed by atoms with Crippen molar-refractivity contribution >= 4 is 18.7 Å². The molecule has 13 heavy (non-hydrogen) atoms. The molecule has 0 atom stereocenters. The Morgan fingerprint density at radius 1 is 1.38 bits per heavy atom. The van der Waals surface area contributed by atoms with E-state index in [1.54, 1.807) is 18.2 Å². The van der Waals surface area contributed by atoms with E-state index in [9.17, 15) is 4.79 Å². The number of thiol groups is 1. The van der Waals surface area contributed by atoms with Crippen LogP contribution in [0.15, 0.2) is 18.2 Å². The lowest BCUT2D eigenvalue weighted by molar-refractivity contribution is 0.0984. The van der Waals surface area contributed by atoms with Gasteiger partial charge in [0.25, 0.3) is 5.91 Å². The Kier molecular flexibility index (Phi) is 2.02. The van der Waals surface area contributed by atoms with E-state index >= 15 is 0 Å². The van der Waals surface area contributed by atoms with Crippen molar-refractivity contribution in [1.29, 1.82) is 0 Å². The number of ether oxygens (including phenoxy) is 2. The first kappa shape index (κ1) is 8.25. The molecular weight excluding hydrogens is 190 g/mol. The van der Waals surface area contributed by atoms with Crippen molar-refractivity contribution in [2.45, 2.75) is 0 Å². The van der Waals surface area contributed by atoms with Crippen LogP contribution in [0.4, 0.5) is 0 Å². The van der Waals surface area contributed by atoms with Crippen molar-refractivity contribution < 1.29 is 14.3 Å². The molecule has 0 unspecified atom stereocenters. The Balaban J connectivity index is 2.36. The number of hydrogen-bond donors (Lipinski definition) is 2. The average molecular weight is 197 g/mol. The summed E-state index contributed by atoms with van der Waals surface area (Å²) in [7, 11) is 0. The Morgan fingerprint density at radius 2 is 2.15 bits per heavy atom. The number of amides is 1. The Labute approximate surface area is 80.4 Å². The van der Waals surface area contributed by atoms with Gasteiger partial charge in [-0.15, -0.1) is 0 Å². The fraction of sp³-hybridized carbons (Fsp3) is 0.125. The highest BCUT2D eigenvalue weighted by atomic mass is 32.1. The van der Waals surface area contributed by atoms with E-state index in [-0.39, 0.29) is 12.7 Å². The predicted molar refractivity (Wildman–Crippen MR) is 49.0 cm³/mol. The summed E-state index contributed by atoms with van der Waals surface area (Å²) < 4.78 is 12.4. The summed E-state index contributed by atoms with van der Waals surface area (Å²) in [6.07, 6.45) is 0. The molecule has 0 saturated heterocycles. The van der Waals surface area contributed by atoms with Crippen LogP contribution in [0, 0.1) is 0 Å². The van der Waals surface area contributed by atoms with Gasteiger partial charge in [0.15, 0.2) is 11.5 Å². The highest BCUT2D eigenvalue weighted by Crippen LogP contribution is 2.32. The van der Waals surface area contributed by atoms with Gasteiger partial charge in [0.1, 0.15) is 0 Å². The Morgan fingerprint density at radius 3 is 2.92 bits per heavy atom. The molecule has 0 bridgehead atoms. The standard InChI is InChI=1S/C8H7NO3S/c10-8(9-13)5-1-2-6-7(3-5)12-4-11-6/h1-3,13H,4H2,(H,9,10). The second kappa shape index (κ2) is 3.18. The monoisotopic (exact) mass is 197 g/mol. The van der Waals surface area contributed by atoms with Crippen molar-refractivity contribution in [2.24, 2.45) is 0 Å². The van der Waals surface area contributed by atoms with Crippen molar-refractivity contribution in [3.05, 3.63) is 23.8 Å². The fourth-order valence-corrected chi connectivity index (χ4v) is 1.23. The molecule has 1 aliphatic rings. The van der Waals surface area contributed by atoms with Gasteiger partial charge in [-0.1, -0.05) is 12.8 Å². The third kappa shape index (κ3) is 1.42. The van der Waals surface area contributed by atoms with Gasteiger partial charge in [0.2, 0.25) is 6.79 Å². The number of carbonyl (C=O) groups is 1. The summed E-state index contributed by atoms with van der Waals surface area (Å²) in [5.41, 5.74) is 0.499. The van der Waals surface area contributed by atoms with Gasteiger partial charge >= 0.3 is 0 Å². The zero-order valence-corrected chi connectivity index (χ0v) is 7.51. The van der Waals surface area contributed by atoms with Crippen LogP contribution >= 0.6 is 12.8 Å². The van der Waals surface area contributed by atoms with Gasteiger partial charge in [-0.05, 0) is 18.2 Å². The van der Waals surface area contributed by atoms with Gasteiger partial charge in [0, 0.05) is 5.56 Å². The first-order valence-corrected chi connectivity index (χ1v) is 4.10. The van der Waals surface area contributed by atoms with Crippen molar-refractivity contribution in [1.82, 2.24) is 4.72 Å². The van der Waals surface area contributed by atoms with Crippen molar-refractivity contribution in [3.8, 4) is 11.5 Å². The molecule has 5 heteroatoms. The van der Waals surface area contributed by atoms with E-state index < -0.39 is 0 Å². The largest absolute Gasteiger partial charge is 0.454 e. The lowest BCUT2D eigenvalue weighted by Crippen LogP contribution is -2.12. The molecule has 2 rings (SSSR count). The van der Waals surface area contributed by atoms with Crippen LogP contribution in [0.2, 0.25) is 0 Å². The molecule has 68 valence electrons. The van der Waals surface area contributed by atoms with Crippen LogP contribution in [-0.2, 0) is 0 Å². The normalized spacial score (nSPS) is 12.7. The van der Waals surface area contributed by atoms with E-state index in [2.05, 4.69) is 17.5 Å². The van der Waals surface area contributed by atoms with E-state index in [1.165, 1.54) is 0 Å². The molecule has 0 radical (unpaired) electrons. The van der Waals surface area contributed by atoms with Crippen molar-refractivity contribution in [3.63, 3.8) is 0 Å². The first-order chi connectivity index (χ1) is 6.31. The van der Waals surface area contributed by atoms with Crippen LogP contribution in [-0.4, -0.2) is 12.7 Å². The lowest BCUT2D eigenvalue weighted by Gasteiger charge is -1.99. The average Bonchev–Trinajstić information content (AvgIpc) is 2.63. The van der Waals surface area contributed by atoms with E-state index in [1.807, 2.05) is 0 Å². The molecule has 0 aromatic heterocycles. The van der Waals surface area contributed by atoms with Crippen LogP contribution in [0.3, 0.4) is 0 Å². The maximum Gasteiger partial charge on any atom is 0.261 e. The maximum absolute atomic E-state index is 11.1. The summed E-state index contributed by atoms with van der Waals surface area (Å²) in [5, 5.41) is 0. The molecule has 0 saturated carbocycles. The molecule has 1 amide bonds. The van der Waals surface area contributed by atoms with E-state index in [0.29, 0.717) is 17.1 Å². The molecule has 0 aliphatic carbocycles.